The molecule has 2 aliphatic rings. The number of halogens is 1. The number of ether oxygens (including phenoxy) is 3. The Hall–Kier alpha value is -3.92. The number of benzene rings is 2. The van der Waals surface area contributed by atoms with Gasteiger partial charge in [-0.05, 0) is 30.7 Å². The van der Waals surface area contributed by atoms with Crippen LogP contribution in [0, 0.1) is 5.82 Å². The highest BCUT2D eigenvalue weighted by Crippen LogP contribution is 2.40. The molecular weight excluding hydrogens is 455 g/mol. The average molecular weight is 480 g/mol. The molecule has 1 saturated heterocycles. The highest BCUT2D eigenvalue weighted by Gasteiger charge is 2.29. The number of hydrogen-bond acceptors (Lipinski definition) is 6. The van der Waals surface area contributed by atoms with Gasteiger partial charge in [0.1, 0.15) is 29.2 Å². The van der Waals surface area contributed by atoms with Crippen molar-refractivity contribution in [3.8, 4) is 17.2 Å². The summed E-state index contributed by atoms with van der Waals surface area (Å²) in [6, 6.07) is 9.07. The number of nitrogens with zero attached hydrogens (tertiary/aromatic N) is 3. The van der Waals surface area contributed by atoms with Crippen LogP contribution in [0.1, 0.15) is 32.7 Å². The first-order valence-electron chi connectivity index (χ1n) is 11.3. The number of hydrogen-bond donors (Lipinski definition) is 1. The SMILES string of the molecule is COCC1Cc2c(Oc3ccc(C(=O)N4CCC4)c(F)c3)cc(C(=O)Nc3ccn(C)n3)cc2O1. The summed E-state index contributed by atoms with van der Waals surface area (Å²) in [5.74, 6) is 0.107. The van der Waals surface area contributed by atoms with Gasteiger partial charge >= 0.3 is 0 Å². The maximum Gasteiger partial charge on any atom is 0.257 e. The number of carbonyl (C=O) groups is 2. The summed E-state index contributed by atoms with van der Waals surface area (Å²) in [4.78, 5) is 26.9. The molecule has 1 unspecified atom stereocenters. The Labute approximate surface area is 201 Å². The molecule has 3 heterocycles. The molecule has 182 valence electrons. The lowest BCUT2D eigenvalue weighted by molar-refractivity contribution is 0.0646. The summed E-state index contributed by atoms with van der Waals surface area (Å²) in [6.45, 7) is 1.64. The molecule has 1 atom stereocenters. The van der Waals surface area contributed by atoms with Gasteiger partial charge in [0.2, 0.25) is 0 Å². The van der Waals surface area contributed by atoms with E-state index in [1.165, 1.54) is 12.1 Å². The summed E-state index contributed by atoms with van der Waals surface area (Å²) >= 11 is 0. The van der Waals surface area contributed by atoms with Crippen molar-refractivity contribution >= 4 is 17.6 Å². The second-order valence-corrected chi connectivity index (χ2v) is 8.57. The van der Waals surface area contributed by atoms with E-state index in [1.54, 1.807) is 54.2 Å². The van der Waals surface area contributed by atoms with E-state index >= 15 is 0 Å². The number of aromatic nitrogens is 2. The maximum atomic E-state index is 14.8. The number of anilines is 1. The first kappa shape index (κ1) is 22.9. The predicted molar refractivity (Wildman–Crippen MR) is 125 cm³/mol. The van der Waals surface area contributed by atoms with E-state index in [0.29, 0.717) is 49.0 Å². The van der Waals surface area contributed by atoms with Crippen molar-refractivity contribution in [3.63, 3.8) is 0 Å². The third kappa shape index (κ3) is 4.69. The summed E-state index contributed by atoms with van der Waals surface area (Å²) in [7, 11) is 3.34. The zero-order valence-electron chi connectivity index (χ0n) is 19.4. The smallest absolute Gasteiger partial charge is 0.257 e. The van der Waals surface area contributed by atoms with Crippen molar-refractivity contribution in [2.75, 3.05) is 32.1 Å². The van der Waals surface area contributed by atoms with Gasteiger partial charge < -0.3 is 24.4 Å². The van der Waals surface area contributed by atoms with Crippen LogP contribution in [0.25, 0.3) is 0 Å². The van der Waals surface area contributed by atoms with Crippen LogP contribution < -0.4 is 14.8 Å². The molecule has 1 aromatic heterocycles. The average Bonchev–Trinajstić information content (AvgIpc) is 3.38. The molecular formula is C25H25FN4O5. The minimum Gasteiger partial charge on any atom is -0.487 e. The van der Waals surface area contributed by atoms with Crippen molar-refractivity contribution in [3.05, 3.63) is 65.1 Å². The quantitative estimate of drug-likeness (QED) is 0.557. The molecule has 5 rings (SSSR count). The van der Waals surface area contributed by atoms with E-state index in [9.17, 15) is 14.0 Å². The van der Waals surface area contributed by atoms with Crippen LogP contribution in [0.2, 0.25) is 0 Å². The van der Waals surface area contributed by atoms with Crippen LogP contribution in [0.5, 0.6) is 17.2 Å². The van der Waals surface area contributed by atoms with Gasteiger partial charge in [-0.2, -0.15) is 5.10 Å². The first-order valence-corrected chi connectivity index (χ1v) is 11.3. The molecule has 3 aromatic rings. The van der Waals surface area contributed by atoms with Gasteiger partial charge in [-0.1, -0.05) is 0 Å². The van der Waals surface area contributed by atoms with Gasteiger partial charge in [-0.25, -0.2) is 4.39 Å². The van der Waals surface area contributed by atoms with Gasteiger partial charge in [0.05, 0.1) is 12.2 Å². The highest BCUT2D eigenvalue weighted by molar-refractivity contribution is 6.04. The van der Waals surface area contributed by atoms with Crippen LogP contribution in [0.4, 0.5) is 10.2 Å². The number of carbonyl (C=O) groups excluding carboxylic acids is 2. The monoisotopic (exact) mass is 480 g/mol. The van der Waals surface area contributed by atoms with Gasteiger partial charge in [-0.3, -0.25) is 14.3 Å². The Morgan fingerprint density at radius 1 is 1.23 bits per heavy atom. The Morgan fingerprint density at radius 3 is 2.71 bits per heavy atom. The molecule has 1 fully saturated rings. The van der Waals surface area contributed by atoms with Crippen LogP contribution in [-0.2, 0) is 18.2 Å². The zero-order chi connectivity index (χ0) is 24.5. The van der Waals surface area contributed by atoms with E-state index in [1.807, 2.05) is 0 Å². The molecule has 2 aromatic carbocycles. The first-order chi connectivity index (χ1) is 16.9. The minimum atomic E-state index is -0.659. The van der Waals surface area contributed by atoms with Crippen molar-refractivity contribution in [1.29, 1.82) is 0 Å². The topological polar surface area (TPSA) is 94.9 Å². The minimum absolute atomic E-state index is 0.00857. The number of aryl methyl sites for hydroxylation is 1. The van der Waals surface area contributed by atoms with E-state index in [-0.39, 0.29) is 23.3 Å². The molecule has 0 saturated carbocycles. The highest BCUT2D eigenvalue weighted by atomic mass is 19.1. The molecule has 0 radical (unpaired) electrons. The molecule has 35 heavy (non-hydrogen) atoms. The predicted octanol–water partition coefficient (Wildman–Crippen LogP) is 3.40. The lowest BCUT2D eigenvalue weighted by Gasteiger charge is -2.31. The van der Waals surface area contributed by atoms with Crippen molar-refractivity contribution < 1.29 is 28.2 Å². The molecule has 10 heteroatoms. The molecule has 2 aliphatic heterocycles. The van der Waals surface area contributed by atoms with Crippen molar-refractivity contribution in [1.82, 2.24) is 14.7 Å². The van der Waals surface area contributed by atoms with Crippen LogP contribution in [0.3, 0.4) is 0 Å². The summed E-state index contributed by atoms with van der Waals surface area (Å²) in [5.41, 5.74) is 1.06. The molecule has 0 spiro atoms. The van der Waals surface area contributed by atoms with E-state index in [0.717, 1.165) is 12.0 Å². The number of fused-ring (bicyclic) bond motifs is 1. The van der Waals surface area contributed by atoms with Crippen LogP contribution in [0.15, 0.2) is 42.6 Å². The molecule has 0 bridgehead atoms. The number of likely N-dealkylation sites (tertiary alicyclic amines) is 1. The van der Waals surface area contributed by atoms with E-state index in [4.69, 9.17) is 14.2 Å². The summed E-state index contributed by atoms with van der Waals surface area (Å²) in [5, 5.41) is 6.90. The molecule has 1 N–H and O–H groups in total. The van der Waals surface area contributed by atoms with Gasteiger partial charge in [0, 0.05) is 63.1 Å². The Bertz CT molecular complexity index is 1290. The third-order valence-electron chi connectivity index (χ3n) is 6.01. The fraction of sp³-hybridized carbons (Fsp3) is 0.320. The fourth-order valence-corrected chi connectivity index (χ4v) is 4.10. The number of amides is 2. The van der Waals surface area contributed by atoms with Crippen LogP contribution in [-0.4, -0.2) is 59.4 Å². The molecule has 9 nitrogen and oxygen atoms in total. The van der Waals surface area contributed by atoms with Gasteiger partial charge in [0.25, 0.3) is 11.8 Å². The van der Waals surface area contributed by atoms with Crippen molar-refractivity contribution in [2.45, 2.75) is 18.9 Å². The lowest BCUT2D eigenvalue weighted by Crippen LogP contribution is -2.42. The Kier molecular flexibility index (Phi) is 6.12. The van der Waals surface area contributed by atoms with E-state index < -0.39 is 11.7 Å². The summed E-state index contributed by atoms with van der Waals surface area (Å²) < 4.78 is 33.6. The van der Waals surface area contributed by atoms with Crippen LogP contribution >= 0.6 is 0 Å². The third-order valence-corrected chi connectivity index (χ3v) is 6.01. The maximum absolute atomic E-state index is 14.8. The standard InChI is InChI=1S/C25H25FN4O5/c1-29-9-6-23(28-29)27-24(31)15-10-21(19-12-17(14-33-2)35-22(19)11-15)34-16-4-5-18(20(26)13-16)25(32)30-7-3-8-30/h4-6,9-11,13,17H,3,7-8,12,14H2,1-2H3,(H,27,28,31). The molecule has 2 amide bonds. The zero-order valence-corrected chi connectivity index (χ0v) is 19.4. The normalized spacial score (nSPS) is 16.3. The Balaban J connectivity index is 1.42. The number of methoxy groups -OCH3 is 1. The fourth-order valence-electron chi connectivity index (χ4n) is 4.10. The number of nitrogens with one attached hydrogen (secondary N) is 1. The largest absolute Gasteiger partial charge is 0.487 e. The van der Waals surface area contributed by atoms with Gasteiger partial charge in [0.15, 0.2) is 5.82 Å². The second-order valence-electron chi connectivity index (χ2n) is 8.57. The van der Waals surface area contributed by atoms with Gasteiger partial charge in [-0.15, -0.1) is 0 Å². The lowest BCUT2D eigenvalue weighted by atomic mass is 10.1. The van der Waals surface area contributed by atoms with E-state index in [2.05, 4.69) is 10.4 Å². The van der Waals surface area contributed by atoms with Crippen molar-refractivity contribution in [2.24, 2.45) is 7.05 Å². The Morgan fingerprint density at radius 2 is 2.06 bits per heavy atom. The number of rotatable bonds is 7. The second kappa shape index (κ2) is 9.38. The molecule has 0 aliphatic carbocycles. The summed E-state index contributed by atoms with van der Waals surface area (Å²) in [6.07, 6.45) is 2.92.